The Morgan fingerprint density at radius 1 is 1.24 bits per heavy atom. The van der Waals surface area contributed by atoms with Crippen molar-refractivity contribution in [2.45, 2.75) is 38.7 Å². The maximum Gasteiger partial charge on any atom is 0.119 e. The lowest BCUT2D eigenvalue weighted by Crippen LogP contribution is -2.35. The number of nitrogens with one attached hydrogen (secondary N) is 1. The molecule has 2 fully saturated rings. The molecule has 0 saturated heterocycles. The molecule has 0 aliphatic heterocycles. The Morgan fingerprint density at radius 2 is 2.05 bits per heavy atom. The summed E-state index contributed by atoms with van der Waals surface area (Å²) >= 11 is 0. The summed E-state index contributed by atoms with van der Waals surface area (Å²) in [6.45, 7) is 4.09. The van der Waals surface area contributed by atoms with Crippen molar-refractivity contribution < 1.29 is 9.84 Å². The summed E-state index contributed by atoms with van der Waals surface area (Å²) in [5.74, 6) is 3.61. The minimum Gasteiger partial charge on any atom is -0.491 e. The molecule has 0 aromatic heterocycles. The van der Waals surface area contributed by atoms with Crippen molar-refractivity contribution in [3.05, 3.63) is 29.8 Å². The Hall–Kier alpha value is -1.06. The van der Waals surface area contributed by atoms with Gasteiger partial charge in [0.1, 0.15) is 18.5 Å². The van der Waals surface area contributed by atoms with E-state index in [1.54, 1.807) is 0 Å². The fraction of sp³-hybridized carbons (Fsp3) is 0.667. The first kappa shape index (κ1) is 14.9. The lowest BCUT2D eigenvalue weighted by Gasteiger charge is -2.22. The molecule has 2 saturated carbocycles. The van der Waals surface area contributed by atoms with E-state index in [4.69, 9.17) is 4.74 Å². The first-order valence-corrected chi connectivity index (χ1v) is 8.29. The summed E-state index contributed by atoms with van der Waals surface area (Å²) in [5.41, 5.74) is 1.22. The van der Waals surface area contributed by atoms with Crippen LogP contribution in [0, 0.1) is 24.7 Å². The van der Waals surface area contributed by atoms with E-state index in [9.17, 15) is 5.11 Å². The van der Waals surface area contributed by atoms with Crippen LogP contribution in [0.1, 0.15) is 31.2 Å². The molecule has 3 rings (SSSR count). The SMILES string of the molecule is Cc1ccc(OCC(O)CNCC2CC3CCC2C3)cc1. The number of rotatable bonds is 7. The van der Waals surface area contributed by atoms with Gasteiger partial charge >= 0.3 is 0 Å². The largest absolute Gasteiger partial charge is 0.491 e. The van der Waals surface area contributed by atoms with Crippen LogP contribution in [0.3, 0.4) is 0 Å². The Labute approximate surface area is 127 Å². The third-order valence-corrected chi connectivity index (χ3v) is 5.13. The number of hydrogen-bond acceptors (Lipinski definition) is 3. The van der Waals surface area contributed by atoms with Crippen molar-refractivity contribution >= 4 is 0 Å². The number of aliphatic hydroxyl groups excluding tert-OH is 1. The van der Waals surface area contributed by atoms with E-state index in [-0.39, 0.29) is 0 Å². The van der Waals surface area contributed by atoms with Gasteiger partial charge in [-0.15, -0.1) is 0 Å². The van der Waals surface area contributed by atoms with E-state index in [0.29, 0.717) is 13.2 Å². The van der Waals surface area contributed by atoms with Crippen LogP contribution in [0.5, 0.6) is 5.75 Å². The summed E-state index contributed by atoms with van der Waals surface area (Å²) in [5, 5.41) is 13.4. The fourth-order valence-corrected chi connectivity index (χ4v) is 3.95. The van der Waals surface area contributed by atoms with E-state index >= 15 is 0 Å². The Morgan fingerprint density at radius 3 is 2.71 bits per heavy atom. The molecule has 0 radical (unpaired) electrons. The van der Waals surface area contributed by atoms with Crippen LogP contribution in [0.2, 0.25) is 0 Å². The van der Waals surface area contributed by atoms with Gasteiger partial charge in [0.05, 0.1) is 0 Å². The summed E-state index contributed by atoms with van der Waals surface area (Å²) in [7, 11) is 0. The zero-order valence-electron chi connectivity index (χ0n) is 12.9. The fourth-order valence-electron chi connectivity index (χ4n) is 3.95. The number of ether oxygens (including phenoxy) is 1. The van der Waals surface area contributed by atoms with Gasteiger partial charge in [-0.1, -0.05) is 24.1 Å². The van der Waals surface area contributed by atoms with E-state index in [2.05, 4.69) is 12.2 Å². The third-order valence-electron chi connectivity index (χ3n) is 5.13. The number of aliphatic hydroxyl groups is 1. The zero-order chi connectivity index (χ0) is 14.7. The van der Waals surface area contributed by atoms with Gasteiger partial charge in [-0.25, -0.2) is 0 Å². The second-order valence-corrected chi connectivity index (χ2v) is 6.87. The number of aryl methyl sites for hydroxylation is 1. The molecule has 2 bridgehead atoms. The van der Waals surface area contributed by atoms with Crippen LogP contribution >= 0.6 is 0 Å². The van der Waals surface area contributed by atoms with E-state index in [1.807, 2.05) is 24.3 Å². The number of hydrogen-bond donors (Lipinski definition) is 2. The lowest BCUT2D eigenvalue weighted by atomic mass is 9.89. The predicted octanol–water partition coefficient (Wildman–Crippen LogP) is 2.76. The molecule has 2 aliphatic carbocycles. The maximum absolute atomic E-state index is 9.98. The van der Waals surface area contributed by atoms with E-state index in [1.165, 1.54) is 31.2 Å². The topological polar surface area (TPSA) is 41.5 Å². The van der Waals surface area contributed by atoms with Crippen LogP contribution in [0.4, 0.5) is 0 Å². The second kappa shape index (κ2) is 6.80. The van der Waals surface area contributed by atoms with Gasteiger partial charge in [0.2, 0.25) is 0 Å². The Bertz CT molecular complexity index is 445. The van der Waals surface area contributed by atoms with Crippen LogP contribution in [-0.2, 0) is 0 Å². The van der Waals surface area contributed by atoms with Crippen molar-refractivity contribution in [1.82, 2.24) is 5.32 Å². The van der Waals surface area contributed by atoms with Gasteiger partial charge in [-0.3, -0.25) is 0 Å². The van der Waals surface area contributed by atoms with Crippen molar-refractivity contribution in [2.24, 2.45) is 17.8 Å². The molecule has 3 heteroatoms. The van der Waals surface area contributed by atoms with E-state index < -0.39 is 6.10 Å². The normalized spacial score (nSPS) is 28.8. The minimum atomic E-state index is -0.440. The van der Waals surface area contributed by atoms with Crippen molar-refractivity contribution in [1.29, 1.82) is 0 Å². The third kappa shape index (κ3) is 3.98. The number of fused-ring (bicyclic) bond motifs is 2. The molecule has 1 aromatic rings. The average Bonchev–Trinajstić information content (AvgIpc) is 3.09. The molecular formula is C18H27NO2. The van der Waals surface area contributed by atoms with Crippen molar-refractivity contribution in [3.8, 4) is 5.75 Å². The molecule has 0 amide bonds. The maximum atomic E-state index is 9.98. The molecule has 116 valence electrons. The zero-order valence-corrected chi connectivity index (χ0v) is 12.9. The standard InChI is InChI=1S/C18H27NO2/c1-13-2-6-18(7-3-13)21-12-17(20)11-19-10-16-9-14-4-5-15(16)8-14/h2-3,6-7,14-17,19-20H,4-5,8-12H2,1H3. The summed E-state index contributed by atoms with van der Waals surface area (Å²) in [6, 6.07) is 7.94. The van der Waals surface area contributed by atoms with Gasteiger partial charge in [0.25, 0.3) is 0 Å². The molecule has 0 spiro atoms. The van der Waals surface area contributed by atoms with Crippen LogP contribution in [0.15, 0.2) is 24.3 Å². The van der Waals surface area contributed by atoms with E-state index in [0.717, 1.165) is 30.0 Å². The molecule has 2 aliphatic rings. The van der Waals surface area contributed by atoms with Crippen LogP contribution in [-0.4, -0.2) is 30.9 Å². The highest BCUT2D eigenvalue weighted by Crippen LogP contribution is 2.47. The minimum absolute atomic E-state index is 0.354. The first-order valence-electron chi connectivity index (χ1n) is 8.29. The predicted molar refractivity (Wildman–Crippen MR) is 84.5 cm³/mol. The number of benzene rings is 1. The molecule has 4 atom stereocenters. The van der Waals surface area contributed by atoms with Gasteiger partial charge in [0, 0.05) is 6.54 Å². The average molecular weight is 289 g/mol. The highest BCUT2D eigenvalue weighted by Gasteiger charge is 2.38. The summed E-state index contributed by atoms with van der Waals surface area (Å²) in [4.78, 5) is 0. The lowest BCUT2D eigenvalue weighted by molar-refractivity contribution is 0.104. The smallest absolute Gasteiger partial charge is 0.119 e. The van der Waals surface area contributed by atoms with Gasteiger partial charge in [-0.05, 0) is 62.6 Å². The molecule has 2 N–H and O–H groups in total. The molecule has 21 heavy (non-hydrogen) atoms. The molecule has 1 aromatic carbocycles. The van der Waals surface area contributed by atoms with Crippen LogP contribution < -0.4 is 10.1 Å². The van der Waals surface area contributed by atoms with Gasteiger partial charge in [-0.2, -0.15) is 0 Å². The van der Waals surface area contributed by atoms with Gasteiger partial charge in [0.15, 0.2) is 0 Å². The Kier molecular flexibility index (Phi) is 4.81. The monoisotopic (exact) mass is 289 g/mol. The highest BCUT2D eigenvalue weighted by atomic mass is 16.5. The molecular weight excluding hydrogens is 262 g/mol. The molecule has 3 nitrogen and oxygen atoms in total. The Balaban J connectivity index is 1.31. The summed E-state index contributed by atoms with van der Waals surface area (Å²) < 4.78 is 5.60. The van der Waals surface area contributed by atoms with Gasteiger partial charge < -0.3 is 15.2 Å². The first-order chi connectivity index (χ1) is 10.2. The quantitative estimate of drug-likeness (QED) is 0.811. The molecule has 0 heterocycles. The highest BCUT2D eigenvalue weighted by molar-refractivity contribution is 5.26. The molecule has 4 unspecified atom stereocenters. The van der Waals surface area contributed by atoms with Crippen molar-refractivity contribution in [3.63, 3.8) is 0 Å². The van der Waals surface area contributed by atoms with Crippen molar-refractivity contribution in [2.75, 3.05) is 19.7 Å². The second-order valence-electron chi connectivity index (χ2n) is 6.87. The summed E-state index contributed by atoms with van der Waals surface area (Å²) in [6.07, 6.45) is 5.29. The van der Waals surface area contributed by atoms with Crippen LogP contribution in [0.25, 0.3) is 0 Å².